The summed E-state index contributed by atoms with van der Waals surface area (Å²) < 4.78 is 0. The fourth-order valence-corrected chi connectivity index (χ4v) is 3.51. The molecule has 88 valence electrons. The minimum absolute atomic E-state index is 0.586. The molecule has 0 saturated carbocycles. The van der Waals surface area contributed by atoms with Gasteiger partial charge in [-0.15, -0.1) is 0 Å². The van der Waals surface area contributed by atoms with E-state index >= 15 is 0 Å². The predicted molar refractivity (Wildman–Crippen MR) is 75.7 cm³/mol. The number of aromatic nitrogens is 1. The number of nitrogens with zero attached hydrogens (tertiary/aromatic N) is 1. The molecule has 2 aromatic rings. The molecular formula is C14H16N2S. The highest BCUT2D eigenvalue weighted by molar-refractivity contribution is 8.00. The van der Waals surface area contributed by atoms with Crippen molar-refractivity contribution in [2.24, 2.45) is 0 Å². The Morgan fingerprint density at radius 1 is 1.29 bits per heavy atom. The molecule has 3 heteroatoms. The third-order valence-electron chi connectivity index (χ3n) is 3.19. The summed E-state index contributed by atoms with van der Waals surface area (Å²) in [5, 5.41) is 5.61. The van der Waals surface area contributed by atoms with Gasteiger partial charge in [0.05, 0.1) is 11.2 Å². The van der Waals surface area contributed by atoms with E-state index < -0.39 is 0 Å². The summed E-state index contributed by atoms with van der Waals surface area (Å²) in [5.74, 6) is 1.20. The van der Waals surface area contributed by atoms with Crippen LogP contribution in [0.4, 0.5) is 5.69 Å². The van der Waals surface area contributed by atoms with Gasteiger partial charge in [-0.05, 0) is 18.6 Å². The van der Waals surface area contributed by atoms with Gasteiger partial charge in [0.2, 0.25) is 0 Å². The first-order valence-electron chi connectivity index (χ1n) is 6.05. The van der Waals surface area contributed by atoms with Gasteiger partial charge < -0.3 is 5.32 Å². The van der Waals surface area contributed by atoms with Gasteiger partial charge in [0.25, 0.3) is 0 Å². The summed E-state index contributed by atoms with van der Waals surface area (Å²) >= 11 is 2.05. The standard InChI is InChI=1S/C14H16N2S/c1-10-8-12(9-17-10)16-13-6-2-4-11-5-3-7-15-14(11)13/h2-7,10,12,16H,8-9H2,1H3. The lowest BCUT2D eigenvalue weighted by molar-refractivity contribution is 0.748. The highest BCUT2D eigenvalue weighted by Crippen LogP contribution is 2.30. The van der Waals surface area contributed by atoms with Gasteiger partial charge in [-0.1, -0.05) is 25.1 Å². The van der Waals surface area contributed by atoms with Crippen molar-refractivity contribution in [3.63, 3.8) is 0 Å². The number of nitrogens with one attached hydrogen (secondary N) is 1. The molecule has 1 fully saturated rings. The van der Waals surface area contributed by atoms with E-state index in [9.17, 15) is 0 Å². The third kappa shape index (κ3) is 2.25. The Morgan fingerprint density at radius 3 is 3.00 bits per heavy atom. The Kier molecular flexibility index (Phi) is 2.93. The Hall–Kier alpha value is -1.22. The smallest absolute Gasteiger partial charge is 0.0933 e. The fraction of sp³-hybridized carbons (Fsp3) is 0.357. The van der Waals surface area contributed by atoms with Gasteiger partial charge >= 0.3 is 0 Å². The van der Waals surface area contributed by atoms with Gasteiger partial charge in [-0.25, -0.2) is 0 Å². The van der Waals surface area contributed by atoms with Gasteiger partial charge in [-0.2, -0.15) is 11.8 Å². The van der Waals surface area contributed by atoms with E-state index in [-0.39, 0.29) is 0 Å². The molecule has 17 heavy (non-hydrogen) atoms. The molecule has 1 aliphatic heterocycles. The zero-order chi connectivity index (χ0) is 11.7. The van der Waals surface area contributed by atoms with E-state index in [1.165, 1.54) is 23.2 Å². The zero-order valence-corrected chi connectivity index (χ0v) is 10.7. The second kappa shape index (κ2) is 4.57. The molecule has 2 nitrogen and oxygen atoms in total. The van der Waals surface area contributed by atoms with Crippen molar-refractivity contribution in [1.82, 2.24) is 4.98 Å². The van der Waals surface area contributed by atoms with Gasteiger partial charge in [0, 0.05) is 28.6 Å². The largest absolute Gasteiger partial charge is 0.380 e. The molecule has 2 unspecified atom stereocenters. The van der Waals surface area contributed by atoms with Crippen LogP contribution in [0.5, 0.6) is 0 Å². The van der Waals surface area contributed by atoms with E-state index in [4.69, 9.17) is 0 Å². The summed E-state index contributed by atoms with van der Waals surface area (Å²) in [5.41, 5.74) is 2.25. The molecular weight excluding hydrogens is 228 g/mol. The van der Waals surface area contributed by atoms with Crippen LogP contribution in [0.2, 0.25) is 0 Å². The molecule has 2 atom stereocenters. The molecule has 0 bridgehead atoms. The number of hydrogen-bond donors (Lipinski definition) is 1. The Bertz CT molecular complexity index is 521. The number of thioether (sulfide) groups is 1. The van der Waals surface area contributed by atoms with Crippen LogP contribution in [-0.4, -0.2) is 22.0 Å². The van der Waals surface area contributed by atoms with E-state index in [0.717, 1.165) is 10.8 Å². The van der Waals surface area contributed by atoms with Crippen molar-refractivity contribution in [1.29, 1.82) is 0 Å². The lowest BCUT2D eigenvalue weighted by Gasteiger charge is -2.14. The summed E-state index contributed by atoms with van der Waals surface area (Å²) in [7, 11) is 0. The predicted octanol–water partition coefficient (Wildman–Crippen LogP) is 3.54. The van der Waals surface area contributed by atoms with E-state index in [0.29, 0.717) is 6.04 Å². The highest BCUT2D eigenvalue weighted by atomic mass is 32.2. The summed E-state index contributed by atoms with van der Waals surface area (Å²) in [4.78, 5) is 4.47. The van der Waals surface area contributed by atoms with Gasteiger partial charge in [0.1, 0.15) is 0 Å². The Balaban J connectivity index is 1.90. The molecule has 1 aromatic heterocycles. The van der Waals surface area contributed by atoms with Crippen LogP contribution >= 0.6 is 11.8 Å². The molecule has 1 aliphatic rings. The fourth-order valence-electron chi connectivity index (χ4n) is 2.36. The SMILES string of the molecule is CC1CC(Nc2cccc3cccnc23)CS1. The number of rotatable bonds is 2. The number of benzene rings is 1. The lowest BCUT2D eigenvalue weighted by atomic mass is 10.1. The Labute approximate surface area is 106 Å². The molecule has 3 rings (SSSR count). The minimum atomic E-state index is 0.586. The summed E-state index contributed by atoms with van der Waals surface area (Å²) in [6, 6.07) is 11.0. The van der Waals surface area contributed by atoms with E-state index in [1.54, 1.807) is 0 Å². The monoisotopic (exact) mass is 244 g/mol. The van der Waals surface area contributed by atoms with Crippen LogP contribution in [0.15, 0.2) is 36.5 Å². The normalized spacial score (nSPS) is 24.1. The number of para-hydroxylation sites is 1. The second-order valence-corrected chi connectivity index (χ2v) is 6.07. The molecule has 0 amide bonds. The van der Waals surface area contributed by atoms with Crippen molar-refractivity contribution in [2.45, 2.75) is 24.6 Å². The number of pyridine rings is 1. The molecule has 1 saturated heterocycles. The van der Waals surface area contributed by atoms with Gasteiger partial charge in [0.15, 0.2) is 0 Å². The molecule has 0 spiro atoms. The van der Waals surface area contributed by atoms with Crippen LogP contribution in [0, 0.1) is 0 Å². The average Bonchev–Trinajstić information content (AvgIpc) is 2.75. The molecule has 0 aliphatic carbocycles. The number of fused-ring (bicyclic) bond motifs is 1. The van der Waals surface area contributed by atoms with Crippen molar-refractivity contribution in [3.8, 4) is 0 Å². The molecule has 1 aromatic carbocycles. The van der Waals surface area contributed by atoms with Crippen LogP contribution in [0.25, 0.3) is 10.9 Å². The Morgan fingerprint density at radius 2 is 2.18 bits per heavy atom. The average molecular weight is 244 g/mol. The number of hydrogen-bond acceptors (Lipinski definition) is 3. The van der Waals surface area contributed by atoms with Crippen LogP contribution in [-0.2, 0) is 0 Å². The molecule has 2 heterocycles. The summed E-state index contributed by atoms with van der Waals surface area (Å²) in [6.07, 6.45) is 3.10. The van der Waals surface area contributed by atoms with Crippen LogP contribution in [0.1, 0.15) is 13.3 Å². The van der Waals surface area contributed by atoms with Crippen molar-refractivity contribution in [2.75, 3.05) is 11.1 Å². The first-order chi connectivity index (χ1) is 8.33. The van der Waals surface area contributed by atoms with Crippen molar-refractivity contribution >= 4 is 28.4 Å². The molecule has 0 radical (unpaired) electrons. The first-order valence-corrected chi connectivity index (χ1v) is 7.10. The third-order valence-corrected chi connectivity index (χ3v) is 4.55. The quantitative estimate of drug-likeness (QED) is 0.874. The van der Waals surface area contributed by atoms with Crippen molar-refractivity contribution < 1.29 is 0 Å². The minimum Gasteiger partial charge on any atom is -0.380 e. The zero-order valence-electron chi connectivity index (χ0n) is 9.89. The van der Waals surface area contributed by atoms with Gasteiger partial charge in [-0.3, -0.25) is 4.98 Å². The highest BCUT2D eigenvalue weighted by Gasteiger charge is 2.21. The maximum Gasteiger partial charge on any atom is 0.0933 e. The summed E-state index contributed by atoms with van der Waals surface area (Å²) in [6.45, 7) is 2.30. The van der Waals surface area contributed by atoms with E-state index in [1.807, 2.05) is 24.0 Å². The molecule has 1 N–H and O–H groups in total. The number of anilines is 1. The lowest BCUT2D eigenvalue weighted by Crippen LogP contribution is -2.19. The topological polar surface area (TPSA) is 24.9 Å². The maximum absolute atomic E-state index is 4.47. The maximum atomic E-state index is 4.47. The first kappa shape index (κ1) is 10.9. The van der Waals surface area contributed by atoms with Crippen LogP contribution in [0.3, 0.4) is 0 Å². The van der Waals surface area contributed by atoms with E-state index in [2.05, 4.69) is 41.5 Å². The second-order valence-electron chi connectivity index (χ2n) is 4.60. The van der Waals surface area contributed by atoms with Crippen LogP contribution < -0.4 is 5.32 Å². The van der Waals surface area contributed by atoms with Crippen molar-refractivity contribution in [3.05, 3.63) is 36.5 Å².